The zero-order valence-corrected chi connectivity index (χ0v) is 10.4. The number of carbonyl (C=O) groups excluding carboxylic acids is 2. The van der Waals surface area contributed by atoms with E-state index in [2.05, 4.69) is 10.5 Å². The Morgan fingerprint density at radius 2 is 2.05 bits per heavy atom. The Bertz CT molecular complexity index is 845. The minimum atomic E-state index is -0.463. The third-order valence-electron chi connectivity index (χ3n) is 3.66. The van der Waals surface area contributed by atoms with Gasteiger partial charge in [-0.3, -0.25) is 14.9 Å². The van der Waals surface area contributed by atoms with Crippen molar-refractivity contribution in [2.75, 3.05) is 0 Å². The van der Waals surface area contributed by atoms with Crippen LogP contribution < -0.4 is 5.32 Å². The summed E-state index contributed by atoms with van der Waals surface area (Å²) < 4.78 is 10.7. The van der Waals surface area contributed by atoms with Gasteiger partial charge in [-0.25, -0.2) is 0 Å². The van der Waals surface area contributed by atoms with Crippen molar-refractivity contribution in [2.45, 2.75) is 18.8 Å². The van der Waals surface area contributed by atoms with E-state index in [4.69, 9.17) is 8.94 Å². The fraction of sp³-hybridized carbons (Fsp3) is 0.214. The molecular formula is C14H10N2O4. The van der Waals surface area contributed by atoms with Gasteiger partial charge in [0.25, 0.3) is 0 Å². The molecule has 0 radical (unpaired) electrons. The zero-order valence-electron chi connectivity index (χ0n) is 10.4. The molecule has 0 saturated carbocycles. The number of benzene rings is 1. The molecule has 6 heteroatoms. The number of rotatable bonds is 1. The number of piperidine rings is 1. The number of nitrogens with one attached hydrogen (secondary N) is 1. The van der Waals surface area contributed by atoms with Gasteiger partial charge in [-0.1, -0.05) is 5.16 Å². The van der Waals surface area contributed by atoms with Gasteiger partial charge in [0.1, 0.15) is 11.3 Å². The molecule has 1 fully saturated rings. The number of imide groups is 1. The van der Waals surface area contributed by atoms with Crippen molar-refractivity contribution in [3.05, 3.63) is 30.2 Å². The van der Waals surface area contributed by atoms with Crippen LogP contribution in [0.3, 0.4) is 0 Å². The molecule has 4 rings (SSSR count). The normalized spacial score (nSPS) is 19.7. The molecule has 1 atom stereocenters. The monoisotopic (exact) mass is 270 g/mol. The number of aromatic nitrogens is 1. The third-order valence-corrected chi connectivity index (χ3v) is 3.66. The number of hydrogen-bond acceptors (Lipinski definition) is 5. The summed E-state index contributed by atoms with van der Waals surface area (Å²) >= 11 is 0. The van der Waals surface area contributed by atoms with Gasteiger partial charge < -0.3 is 8.94 Å². The van der Waals surface area contributed by atoms with Crippen LogP contribution >= 0.6 is 0 Å². The first-order valence-corrected chi connectivity index (χ1v) is 6.33. The lowest BCUT2D eigenvalue weighted by atomic mass is 9.92. The summed E-state index contributed by atoms with van der Waals surface area (Å²) in [5.41, 5.74) is 1.89. The van der Waals surface area contributed by atoms with Gasteiger partial charge in [0.15, 0.2) is 5.58 Å². The van der Waals surface area contributed by atoms with Gasteiger partial charge in [0.2, 0.25) is 11.8 Å². The lowest BCUT2D eigenvalue weighted by Gasteiger charge is -2.18. The third kappa shape index (κ3) is 1.48. The first-order chi connectivity index (χ1) is 9.74. The van der Waals surface area contributed by atoms with E-state index in [0.717, 1.165) is 10.8 Å². The molecule has 1 saturated heterocycles. The summed E-state index contributed by atoms with van der Waals surface area (Å²) in [5.74, 6) is -1.03. The lowest BCUT2D eigenvalue weighted by Crippen LogP contribution is -2.39. The summed E-state index contributed by atoms with van der Waals surface area (Å²) in [7, 11) is 0. The van der Waals surface area contributed by atoms with Crippen LogP contribution in [0.1, 0.15) is 24.5 Å². The molecule has 2 aromatic heterocycles. The minimum absolute atomic E-state index is 0.243. The van der Waals surface area contributed by atoms with E-state index in [1.54, 1.807) is 18.4 Å². The molecule has 100 valence electrons. The second kappa shape index (κ2) is 3.93. The van der Waals surface area contributed by atoms with E-state index >= 15 is 0 Å². The Kier molecular flexibility index (Phi) is 2.20. The van der Waals surface area contributed by atoms with Crippen molar-refractivity contribution >= 4 is 33.8 Å². The van der Waals surface area contributed by atoms with Crippen LogP contribution in [-0.4, -0.2) is 17.0 Å². The number of fused-ring (bicyclic) bond motifs is 3. The Morgan fingerprint density at radius 1 is 1.20 bits per heavy atom. The van der Waals surface area contributed by atoms with E-state index in [1.807, 2.05) is 6.07 Å². The van der Waals surface area contributed by atoms with E-state index in [1.165, 1.54) is 0 Å². The maximum Gasteiger partial charge on any atom is 0.235 e. The predicted octanol–water partition coefficient (Wildman–Crippen LogP) is 2.09. The Labute approximate surface area is 112 Å². The van der Waals surface area contributed by atoms with Crippen molar-refractivity contribution in [2.24, 2.45) is 0 Å². The number of amides is 2. The second-order valence-corrected chi connectivity index (χ2v) is 4.84. The summed E-state index contributed by atoms with van der Waals surface area (Å²) in [5, 5.41) is 8.02. The maximum absolute atomic E-state index is 12.0. The molecule has 3 aromatic rings. The zero-order chi connectivity index (χ0) is 13.7. The van der Waals surface area contributed by atoms with Gasteiger partial charge in [0.05, 0.1) is 17.6 Å². The molecule has 2 amide bonds. The molecule has 3 heterocycles. The molecule has 1 aliphatic rings. The summed E-state index contributed by atoms with van der Waals surface area (Å²) in [6.45, 7) is 0. The standard InChI is InChI=1S/C14H10N2O4/c17-11-4-1-8(14(18)15-11)13-12-7-5-6-19-9(7)2-3-10(12)20-16-13/h2-3,5-6,8H,1,4H2,(H,15,17,18)/t8-/m1/s1. The highest BCUT2D eigenvalue weighted by molar-refractivity contribution is 6.08. The summed E-state index contributed by atoms with van der Waals surface area (Å²) in [6, 6.07) is 5.39. The Balaban J connectivity index is 1.93. The lowest BCUT2D eigenvalue weighted by molar-refractivity contribution is -0.134. The average Bonchev–Trinajstić information content (AvgIpc) is 3.03. The van der Waals surface area contributed by atoms with Crippen LogP contribution in [0, 0.1) is 0 Å². The average molecular weight is 270 g/mol. The van der Waals surface area contributed by atoms with E-state index < -0.39 is 5.92 Å². The van der Waals surface area contributed by atoms with Crippen molar-refractivity contribution in [3.8, 4) is 0 Å². The topological polar surface area (TPSA) is 85.3 Å². The molecule has 0 spiro atoms. The van der Waals surface area contributed by atoms with Gasteiger partial charge in [-0.05, 0) is 24.6 Å². The first-order valence-electron chi connectivity index (χ1n) is 6.33. The quantitative estimate of drug-likeness (QED) is 0.684. The Hall–Kier alpha value is -2.63. The van der Waals surface area contributed by atoms with Crippen LogP contribution in [0.5, 0.6) is 0 Å². The highest BCUT2D eigenvalue weighted by atomic mass is 16.5. The predicted molar refractivity (Wildman–Crippen MR) is 68.9 cm³/mol. The van der Waals surface area contributed by atoms with Crippen molar-refractivity contribution < 1.29 is 18.5 Å². The van der Waals surface area contributed by atoms with Gasteiger partial charge in [0, 0.05) is 11.8 Å². The smallest absolute Gasteiger partial charge is 0.235 e. The van der Waals surface area contributed by atoms with Gasteiger partial charge in [-0.2, -0.15) is 0 Å². The molecule has 20 heavy (non-hydrogen) atoms. The highest BCUT2D eigenvalue weighted by Crippen LogP contribution is 2.35. The largest absolute Gasteiger partial charge is 0.464 e. The van der Waals surface area contributed by atoms with E-state index in [9.17, 15) is 9.59 Å². The molecule has 0 aliphatic carbocycles. The summed E-state index contributed by atoms with van der Waals surface area (Å²) in [6.07, 6.45) is 2.35. The van der Waals surface area contributed by atoms with Gasteiger partial charge >= 0.3 is 0 Å². The molecule has 6 nitrogen and oxygen atoms in total. The van der Waals surface area contributed by atoms with Crippen molar-refractivity contribution in [3.63, 3.8) is 0 Å². The molecular weight excluding hydrogens is 260 g/mol. The fourth-order valence-electron chi connectivity index (χ4n) is 2.70. The fourth-order valence-corrected chi connectivity index (χ4v) is 2.70. The van der Waals surface area contributed by atoms with Crippen LogP contribution in [-0.2, 0) is 9.59 Å². The molecule has 0 unspecified atom stereocenters. The molecule has 1 N–H and O–H groups in total. The SMILES string of the molecule is O=C1CC[C@H](c2noc3ccc4occc4c23)C(=O)N1. The molecule has 1 aromatic carbocycles. The van der Waals surface area contributed by atoms with E-state index in [0.29, 0.717) is 29.7 Å². The maximum atomic E-state index is 12.0. The highest BCUT2D eigenvalue weighted by Gasteiger charge is 2.32. The van der Waals surface area contributed by atoms with Crippen LogP contribution in [0.4, 0.5) is 0 Å². The van der Waals surface area contributed by atoms with E-state index in [-0.39, 0.29) is 11.8 Å². The van der Waals surface area contributed by atoms with Crippen molar-refractivity contribution in [1.29, 1.82) is 0 Å². The second-order valence-electron chi connectivity index (χ2n) is 4.84. The number of carbonyl (C=O) groups is 2. The Morgan fingerprint density at radius 3 is 2.90 bits per heavy atom. The number of furan rings is 1. The van der Waals surface area contributed by atoms with Crippen molar-refractivity contribution in [1.82, 2.24) is 10.5 Å². The summed E-state index contributed by atoms with van der Waals surface area (Å²) in [4.78, 5) is 23.2. The minimum Gasteiger partial charge on any atom is -0.464 e. The number of hydrogen-bond donors (Lipinski definition) is 1. The first kappa shape index (κ1) is 11.2. The molecule has 1 aliphatic heterocycles. The number of nitrogens with zero attached hydrogens (tertiary/aromatic N) is 1. The van der Waals surface area contributed by atoms with Crippen LogP contribution in [0.2, 0.25) is 0 Å². The van der Waals surface area contributed by atoms with Gasteiger partial charge in [-0.15, -0.1) is 0 Å². The van der Waals surface area contributed by atoms with Crippen LogP contribution in [0.25, 0.3) is 21.9 Å². The van der Waals surface area contributed by atoms with Crippen LogP contribution in [0.15, 0.2) is 33.4 Å². The molecule has 0 bridgehead atoms.